The molecule has 1 fully saturated rings. The Morgan fingerprint density at radius 1 is 1.00 bits per heavy atom. The van der Waals surface area contributed by atoms with Crippen molar-refractivity contribution in [2.75, 3.05) is 13.1 Å². The number of nitrogens with one attached hydrogen (secondary N) is 2. The summed E-state index contributed by atoms with van der Waals surface area (Å²) in [4.78, 5) is 52.1. The molecule has 1 aliphatic rings. The number of alkyl carbamates (subject to hydrolysis) is 1. The minimum atomic E-state index is -0.970. The van der Waals surface area contributed by atoms with Crippen LogP contribution in [0.4, 0.5) is 4.79 Å². The summed E-state index contributed by atoms with van der Waals surface area (Å²) in [6.45, 7) is 4.48. The van der Waals surface area contributed by atoms with E-state index in [-0.39, 0.29) is 43.6 Å². The Morgan fingerprint density at radius 3 is 2.24 bits per heavy atom. The number of carbonyl (C=O) groups is 4. The number of ketones is 1. The standard InChI is InChI=1S/C26H31N3O5/c1-18(2)15-29-16-23(30)21(14-24(29)31)27-25(32)22(13-19-9-5-3-6-10-19)28-26(33)34-17-20-11-7-4-8-12-20/h3-12,18,21-22H,13-17H2,1-2H3,(H,27,32)(H,28,33)/t21?,22-/m0/s1. The predicted octanol–water partition coefficient (Wildman–Crippen LogP) is 2.47. The largest absolute Gasteiger partial charge is 0.445 e. The van der Waals surface area contributed by atoms with Crippen LogP contribution in [0.2, 0.25) is 0 Å². The van der Waals surface area contributed by atoms with Crippen molar-refractivity contribution >= 4 is 23.7 Å². The van der Waals surface area contributed by atoms with Crippen molar-refractivity contribution in [3.05, 3.63) is 71.8 Å². The van der Waals surface area contributed by atoms with Gasteiger partial charge >= 0.3 is 6.09 Å². The first-order valence-corrected chi connectivity index (χ1v) is 11.4. The summed E-state index contributed by atoms with van der Waals surface area (Å²) < 4.78 is 5.27. The fraction of sp³-hybridized carbons (Fsp3) is 0.385. The topological polar surface area (TPSA) is 105 Å². The van der Waals surface area contributed by atoms with Gasteiger partial charge in [0.15, 0.2) is 5.78 Å². The number of Topliss-reactive ketones (excluding diaryl/α,β-unsaturated/α-hetero) is 1. The van der Waals surface area contributed by atoms with Crippen LogP contribution >= 0.6 is 0 Å². The summed E-state index contributed by atoms with van der Waals surface area (Å²) in [5, 5.41) is 5.27. The molecular weight excluding hydrogens is 434 g/mol. The fourth-order valence-electron chi connectivity index (χ4n) is 3.78. The molecule has 2 N–H and O–H groups in total. The zero-order valence-corrected chi connectivity index (χ0v) is 19.5. The summed E-state index contributed by atoms with van der Waals surface area (Å²) in [7, 11) is 0. The van der Waals surface area contributed by atoms with Gasteiger partial charge in [0.25, 0.3) is 0 Å². The van der Waals surface area contributed by atoms with Crippen molar-refractivity contribution in [1.82, 2.24) is 15.5 Å². The number of carbonyl (C=O) groups excluding carboxylic acids is 4. The first kappa shape index (κ1) is 25.0. The maximum atomic E-state index is 13.1. The molecule has 34 heavy (non-hydrogen) atoms. The molecule has 2 atom stereocenters. The number of rotatable bonds is 9. The van der Waals surface area contributed by atoms with Gasteiger partial charge in [-0.3, -0.25) is 14.4 Å². The van der Waals surface area contributed by atoms with Gasteiger partial charge in [-0.2, -0.15) is 0 Å². The maximum Gasteiger partial charge on any atom is 0.408 e. The van der Waals surface area contributed by atoms with Gasteiger partial charge in [0.1, 0.15) is 12.6 Å². The Kier molecular flexibility index (Phi) is 8.79. The zero-order chi connectivity index (χ0) is 24.5. The van der Waals surface area contributed by atoms with Crippen molar-refractivity contribution in [3.8, 4) is 0 Å². The number of hydrogen-bond donors (Lipinski definition) is 2. The molecule has 1 saturated heterocycles. The SMILES string of the molecule is CC(C)CN1CC(=O)C(NC(=O)[C@H](Cc2ccccc2)NC(=O)OCc2ccccc2)CC1=O. The van der Waals surface area contributed by atoms with Crippen LogP contribution in [0.5, 0.6) is 0 Å². The van der Waals surface area contributed by atoms with Crippen LogP contribution in [0, 0.1) is 5.92 Å². The monoisotopic (exact) mass is 465 g/mol. The predicted molar refractivity (Wildman–Crippen MR) is 127 cm³/mol. The number of benzene rings is 2. The van der Waals surface area contributed by atoms with Crippen LogP contribution in [-0.2, 0) is 32.1 Å². The van der Waals surface area contributed by atoms with Gasteiger partial charge in [0.2, 0.25) is 11.8 Å². The van der Waals surface area contributed by atoms with E-state index >= 15 is 0 Å². The smallest absolute Gasteiger partial charge is 0.408 e. The van der Waals surface area contributed by atoms with E-state index in [0.717, 1.165) is 11.1 Å². The second kappa shape index (κ2) is 12.0. The van der Waals surface area contributed by atoms with Gasteiger partial charge in [0, 0.05) is 13.0 Å². The average Bonchev–Trinajstić information content (AvgIpc) is 2.81. The molecule has 0 bridgehead atoms. The van der Waals surface area contributed by atoms with Crippen LogP contribution in [0.25, 0.3) is 0 Å². The lowest BCUT2D eigenvalue weighted by atomic mass is 10.00. The van der Waals surface area contributed by atoms with Crippen molar-refractivity contribution in [1.29, 1.82) is 0 Å². The number of hydrogen-bond acceptors (Lipinski definition) is 5. The molecule has 2 aromatic rings. The molecule has 1 heterocycles. The highest BCUT2D eigenvalue weighted by Gasteiger charge is 2.35. The van der Waals surface area contributed by atoms with Crippen molar-refractivity contribution in [3.63, 3.8) is 0 Å². The number of ether oxygens (including phenoxy) is 1. The molecule has 0 radical (unpaired) electrons. The van der Waals surface area contributed by atoms with Crippen molar-refractivity contribution < 1.29 is 23.9 Å². The molecule has 8 nitrogen and oxygen atoms in total. The van der Waals surface area contributed by atoms with Crippen LogP contribution < -0.4 is 10.6 Å². The number of likely N-dealkylation sites (tertiary alicyclic amines) is 1. The Morgan fingerprint density at radius 2 is 1.62 bits per heavy atom. The van der Waals surface area contributed by atoms with E-state index in [0.29, 0.717) is 6.54 Å². The molecule has 1 aliphatic heterocycles. The molecule has 0 aliphatic carbocycles. The van der Waals surface area contributed by atoms with Crippen molar-refractivity contribution in [2.45, 2.75) is 45.4 Å². The molecule has 8 heteroatoms. The van der Waals surface area contributed by atoms with E-state index in [1.165, 1.54) is 4.90 Å². The lowest BCUT2D eigenvalue weighted by Crippen LogP contribution is -2.58. The number of piperidine rings is 1. The number of amides is 3. The summed E-state index contributed by atoms with van der Waals surface area (Å²) >= 11 is 0. The van der Waals surface area contributed by atoms with Gasteiger partial charge in [0.05, 0.1) is 19.0 Å². The third-order valence-corrected chi connectivity index (χ3v) is 5.47. The normalized spacial score (nSPS) is 16.8. The summed E-state index contributed by atoms with van der Waals surface area (Å²) in [5.41, 5.74) is 1.65. The molecule has 0 spiro atoms. The van der Waals surface area contributed by atoms with E-state index in [2.05, 4.69) is 10.6 Å². The molecule has 0 saturated carbocycles. The molecule has 2 aromatic carbocycles. The second-order valence-electron chi connectivity index (χ2n) is 8.85. The van der Waals surface area contributed by atoms with Gasteiger partial charge in [-0.25, -0.2) is 4.79 Å². The minimum absolute atomic E-state index is 0.0299. The lowest BCUT2D eigenvalue weighted by molar-refractivity contribution is -0.143. The van der Waals surface area contributed by atoms with Gasteiger partial charge in [-0.1, -0.05) is 74.5 Å². The fourth-order valence-corrected chi connectivity index (χ4v) is 3.78. The Bertz CT molecular complexity index is 994. The molecule has 3 rings (SSSR count). The number of nitrogens with zero attached hydrogens (tertiary/aromatic N) is 1. The van der Waals surface area contributed by atoms with Crippen LogP contribution in [-0.4, -0.2) is 53.8 Å². The highest BCUT2D eigenvalue weighted by Crippen LogP contribution is 2.13. The quantitative estimate of drug-likeness (QED) is 0.592. The second-order valence-corrected chi connectivity index (χ2v) is 8.85. The molecule has 3 amide bonds. The molecular formula is C26H31N3O5. The molecule has 1 unspecified atom stereocenters. The summed E-state index contributed by atoms with van der Waals surface area (Å²) in [6, 6.07) is 16.5. The minimum Gasteiger partial charge on any atom is -0.445 e. The lowest BCUT2D eigenvalue weighted by Gasteiger charge is -2.32. The Balaban J connectivity index is 1.64. The third-order valence-electron chi connectivity index (χ3n) is 5.47. The summed E-state index contributed by atoms with van der Waals surface area (Å²) in [5.74, 6) is -0.694. The van der Waals surface area contributed by atoms with Gasteiger partial charge < -0.3 is 20.3 Å². The average molecular weight is 466 g/mol. The molecule has 180 valence electrons. The van der Waals surface area contributed by atoms with E-state index in [4.69, 9.17) is 4.74 Å². The van der Waals surface area contributed by atoms with Gasteiger partial charge in [-0.05, 0) is 17.0 Å². The third kappa shape index (κ3) is 7.43. The first-order valence-electron chi connectivity index (χ1n) is 11.4. The zero-order valence-electron chi connectivity index (χ0n) is 19.5. The Hall–Kier alpha value is -3.68. The van der Waals surface area contributed by atoms with E-state index < -0.39 is 24.1 Å². The van der Waals surface area contributed by atoms with E-state index in [9.17, 15) is 19.2 Å². The highest BCUT2D eigenvalue weighted by atomic mass is 16.5. The Labute approximate surface area is 199 Å². The van der Waals surface area contributed by atoms with E-state index in [1.54, 1.807) is 0 Å². The van der Waals surface area contributed by atoms with E-state index in [1.807, 2.05) is 74.5 Å². The highest BCUT2D eigenvalue weighted by molar-refractivity contribution is 6.00. The van der Waals surface area contributed by atoms with Crippen LogP contribution in [0.1, 0.15) is 31.4 Å². The van der Waals surface area contributed by atoms with Crippen LogP contribution in [0.3, 0.4) is 0 Å². The van der Waals surface area contributed by atoms with Gasteiger partial charge in [-0.15, -0.1) is 0 Å². The maximum absolute atomic E-state index is 13.1. The van der Waals surface area contributed by atoms with Crippen LogP contribution in [0.15, 0.2) is 60.7 Å². The summed E-state index contributed by atoms with van der Waals surface area (Å²) in [6.07, 6.45) is -0.621. The molecule has 0 aromatic heterocycles. The van der Waals surface area contributed by atoms with Crippen molar-refractivity contribution in [2.24, 2.45) is 5.92 Å². The first-order chi connectivity index (χ1) is 16.3.